The molecule has 0 radical (unpaired) electrons. The third-order valence-corrected chi connectivity index (χ3v) is 8.59. The molecule has 0 amide bonds. The molecule has 5 heteroatoms. The van der Waals surface area contributed by atoms with Gasteiger partial charge in [0, 0.05) is 30.7 Å². The van der Waals surface area contributed by atoms with Crippen LogP contribution >= 0.6 is 0 Å². The molecule has 1 aliphatic carbocycles. The van der Waals surface area contributed by atoms with Crippen LogP contribution in [-0.2, 0) is 26.2 Å². The highest BCUT2D eigenvalue weighted by Crippen LogP contribution is 2.42. The normalized spacial score (nSPS) is 28.1. The van der Waals surface area contributed by atoms with Crippen molar-refractivity contribution in [2.24, 2.45) is 5.92 Å². The van der Waals surface area contributed by atoms with Crippen LogP contribution in [0.2, 0.25) is 0 Å². The van der Waals surface area contributed by atoms with Gasteiger partial charge in [0.2, 0.25) is 0 Å². The van der Waals surface area contributed by atoms with E-state index in [2.05, 4.69) is 17.1 Å². The zero-order chi connectivity index (χ0) is 23.4. The summed E-state index contributed by atoms with van der Waals surface area (Å²) in [6.45, 7) is 3.31. The van der Waals surface area contributed by atoms with Gasteiger partial charge in [-0.05, 0) is 30.5 Å². The van der Waals surface area contributed by atoms with Crippen LogP contribution in [0.15, 0.2) is 54.7 Å². The van der Waals surface area contributed by atoms with E-state index in [0.29, 0.717) is 18.9 Å². The molecular weight excluding hydrogens is 424 g/mol. The maximum atomic E-state index is 13.9. The fourth-order valence-corrected chi connectivity index (χ4v) is 6.66. The maximum absolute atomic E-state index is 13.9. The highest BCUT2D eigenvalue weighted by molar-refractivity contribution is 5.83. The van der Waals surface area contributed by atoms with Gasteiger partial charge in [0.05, 0.1) is 24.9 Å². The van der Waals surface area contributed by atoms with Crippen molar-refractivity contribution in [1.82, 2.24) is 4.98 Å². The van der Waals surface area contributed by atoms with E-state index in [1.54, 1.807) is 6.20 Å². The minimum atomic E-state index is -0.524. The Morgan fingerprint density at radius 1 is 0.941 bits per heavy atom. The maximum Gasteiger partial charge on any atom is 0.317 e. The minimum Gasteiger partial charge on any atom is -0.455 e. The van der Waals surface area contributed by atoms with Crippen molar-refractivity contribution in [2.75, 3.05) is 26.2 Å². The van der Waals surface area contributed by atoms with E-state index in [1.807, 2.05) is 36.4 Å². The number of esters is 1. The fraction of sp³-hybridized carbons (Fsp3) is 0.552. The fourth-order valence-electron chi connectivity index (χ4n) is 6.66. The summed E-state index contributed by atoms with van der Waals surface area (Å²) < 4.78 is 7.19. The Morgan fingerprint density at radius 3 is 2.32 bits per heavy atom. The summed E-state index contributed by atoms with van der Waals surface area (Å²) in [5.74, 6) is 0.624. The van der Waals surface area contributed by atoms with Crippen molar-refractivity contribution in [1.29, 1.82) is 0 Å². The number of ether oxygens (including phenoxy) is 1. The number of benzene rings is 1. The van der Waals surface area contributed by atoms with E-state index in [-0.39, 0.29) is 17.9 Å². The van der Waals surface area contributed by atoms with Gasteiger partial charge in [0.25, 0.3) is 0 Å². The van der Waals surface area contributed by atoms with E-state index in [9.17, 15) is 9.59 Å². The molecule has 4 heterocycles. The lowest BCUT2D eigenvalue weighted by molar-refractivity contribution is -0.939. The number of carbonyl (C=O) groups is 2. The molecule has 5 nitrogen and oxygen atoms in total. The number of nitrogens with zero attached hydrogens (tertiary/aromatic N) is 2. The van der Waals surface area contributed by atoms with Crippen LogP contribution < -0.4 is 0 Å². The van der Waals surface area contributed by atoms with E-state index in [1.165, 1.54) is 12.8 Å². The number of hydrogen-bond acceptors (Lipinski definition) is 4. The molecule has 3 saturated heterocycles. The minimum absolute atomic E-state index is 0.0303. The molecular formula is C29H37N2O3+. The number of rotatable bonds is 7. The average molecular weight is 462 g/mol. The zero-order valence-corrected chi connectivity index (χ0v) is 20.2. The second-order valence-electron chi connectivity index (χ2n) is 10.8. The number of piperidine rings is 3. The molecule has 0 N–H and O–H groups in total. The van der Waals surface area contributed by atoms with Crippen LogP contribution in [0.25, 0.3) is 0 Å². The third kappa shape index (κ3) is 4.81. The first-order chi connectivity index (χ1) is 16.6. The molecule has 4 aliphatic rings. The van der Waals surface area contributed by atoms with E-state index >= 15 is 0 Å². The molecule has 1 atom stereocenters. The molecule has 0 unspecified atom stereocenters. The van der Waals surface area contributed by atoms with Gasteiger partial charge in [-0.2, -0.15) is 0 Å². The van der Waals surface area contributed by atoms with Gasteiger partial charge in [-0.15, -0.1) is 0 Å². The standard InChI is InChI=1S/C29H37N2O3/c32-26(20-25-12-6-9-17-30-25)21-31-18-13-23(14-19-31)27(22-31)34-28(33)29(15-7-1-2-8-16-29)24-10-4-3-5-11-24/h3-6,9-12,17,23,27H,1-2,7-8,13-16,18-22H2/q+1/t23?,27-,31?/m0/s1. The number of Topliss-reactive ketones (excluding diaryl/α,β-unsaturated/α-hetero) is 1. The lowest BCUT2D eigenvalue weighted by atomic mass is 9.74. The van der Waals surface area contributed by atoms with E-state index < -0.39 is 5.41 Å². The second-order valence-corrected chi connectivity index (χ2v) is 10.8. The monoisotopic (exact) mass is 461 g/mol. The number of pyridine rings is 1. The molecule has 0 spiro atoms. The Kier molecular flexibility index (Phi) is 6.82. The van der Waals surface area contributed by atoms with Crippen molar-refractivity contribution in [2.45, 2.75) is 69.3 Å². The van der Waals surface area contributed by atoms with Crippen LogP contribution in [0.5, 0.6) is 0 Å². The Bertz CT molecular complexity index is 975. The van der Waals surface area contributed by atoms with Crippen LogP contribution in [0, 0.1) is 5.92 Å². The van der Waals surface area contributed by atoms with Crippen LogP contribution in [-0.4, -0.2) is 53.5 Å². The molecule has 1 aromatic carbocycles. The summed E-state index contributed by atoms with van der Waals surface area (Å²) in [5.41, 5.74) is 1.42. The van der Waals surface area contributed by atoms with Gasteiger partial charge < -0.3 is 9.22 Å². The predicted octanol–water partition coefficient (Wildman–Crippen LogP) is 4.64. The molecule has 2 bridgehead atoms. The van der Waals surface area contributed by atoms with Crippen molar-refractivity contribution in [3.05, 3.63) is 66.0 Å². The Hall–Kier alpha value is -2.53. The van der Waals surface area contributed by atoms with Crippen molar-refractivity contribution in [3.8, 4) is 0 Å². The summed E-state index contributed by atoms with van der Waals surface area (Å²) in [4.78, 5) is 31.2. The first-order valence-corrected chi connectivity index (χ1v) is 13.1. The highest BCUT2D eigenvalue weighted by atomic mass is 16.5. The van der Waals surface area contributed by atoms with Crippen LogP contribution in [0.4, 0.5) is 0 Å². The van der Waals surface area contributed by atoms with E-state index in [0.717, 1.165) is 73.9 Å². The molecule has 180 valence electrons. The molecule has 3 aliphatic heterocycles. The lowest BCUT2D eigenvalue weighted by Crippen LogP contribution is -2.66. The third-order valence-electron chi connectivity index (χ3n) is 8.59. The molecule has 2 aromatic rings. The second kappa shape index (κ2) is 9.99. The lowest BCUT2D eigenvalue weighted by Gasteiger charge is -2.52. The number of carbonyl (C=O) groups excluding carboxylic acids is 2. The first-order valence-electron chi connectivity index (χ1n) is 13.1. The van der Waals surface area contributed by atoms with Gasteiger partial charge >= 0.3 is 5.97 Å². The summed E-state index contributed by atoms with van der Waals surface area (Å²) >= 11 is 0. The molecule has 1 aromatic heterocycles. The van der Waals surface area contributed by atoms with Crippen molar-refractivity contribution in [3.63, 3.8) is 0 Å². The Labute approximate surface area is 203 Å². The number of quaternary nitrogens is 1. The van der Waals surface area contributed by atoms with Crippen molar-refractivity contribution < 1.29 is 18.8 Å². The van der Waals surface area contributed by atoms with Gasteiger partial charge in [-0.25, -0.2) is 0 Å². The molecule has 4 fully saturated rings. The smallest absolute Gasteiger partial charge is 0.317 e. The van der Waals surface area contributed by atoms with E-state index in [4.69, 9.17) is 4.74 Å². The summed E-state index contributed by atoms with van der Waals surface area (Å²) in [6.07, 6.45) is 10.4. The Morgan fingerprint density at radius 2 is 1.65 bits per heavy atom. The van der Waals surface area contributed by atoms with Crippen molar-refractivity contribution >= 4 is 11.8 Å². The van der Waals surface area contributed by atoms with Crippen LogP contribution in [0.3, 0.4) is 0 Å². The molecule has 6 rings (SSSR count). The van der Waals surface area contributed by atoms with Gasteiger partial charge in [-0.3, -0.25) is 14.6 Å². The summed E-state index contributed by atoms with van der Waals surface area (Å²) in [7, 11) is 0. The molecule has 1 saturated carbocycles. The largest absolute Gasteiger partial charge is 0.455 e. The number of aromatic nitrogens is 1. The number of hydrogen-bond donors (Lipinski definition) is 0. The molecule has 34 heavy (non-hydrogen) atoms. The number of fused-ring (bicyclic) bond motifs is 3. The van der Waals surface area contributed by atoms with Crippen LogP contribution in [0.1, 0.15) is 62.6 Å². The quantitative estimate of drug-likeness (QED) is 0.343. The predicted molar refractivity (Wildman–Crippen MR) is 131 cm³/mol. The first kappa shape index (κ1) is 23.2. The van der Waals surface area contributed by atoms with Gasteiger partial charge in [0.15, 0.2) is 11.9 Å². The topological polar surface area (TPSA) is 56.3 Å². The summed E-state index contributed by atoms with van der Waals surface area (Å²) in [5, 5.41) is 0. The van der Waals surface area contributed by atoms with Gasteiger partial charge in [-0.1, -0.05) is 62.1 Å². The summed E-state index contributed by atoms with van der Waals surface area (Å²) in [6, 6.07) is 16.0. The Balaban J connectivity index is 1.30. The highest BCUT2D eigenvalue weighted by Gasteiger charge is 2.50. The average Bonchev–Trinajstić information content (AvgIpc) is 3.13. The SMILES string of the molecule is O=C(Cc1ccccn1)C[N+]12CCC(CC1)[C@@H](OC(=O)C1(c3ccccc3)CCCCCC1)C2. The number of ketones is 1. The van der Waals surface area contributed by atoms with Gasteiger partial charge in [0.1, 0.15) is 13.1 Å². The zero-order valence-electron chi connectivity index (χ0n) is 20.2.